The monoisotopic (exact) mass is 111 g/mol. The van der Waals surface area contributed by atoms with E-state index in [9.17, 15) is 0 Å². The number of nitrogens with two attached hydrogens (primary N) is 1. The van der Waals surface area contributed by atoms with E-state index in [0.29, 0.717) is 0 Å². The molecule has 0 saturated heterocycles. The molecule has 0 aromatic heterocycles. The second-order valence-electron chi connectivity index (χ2n) is 0.427. The van der Waals surface area contributed by atoms with Crippen molar-refractivity contribution in [2.24, 2.45) is 5.73 Å². The van der Waals surface area contributed by atoms with Crippen LogP contribution in [-0.4, -0.2) is 11.1 Å². The largest absolute Gasteiger partial charge is 0.320 e. The first kappa shape index (κ1) is 6.19. The maximum absolute atomic E-state index is 7.40. The second-order valence-corrected chi connectivity index (χ2v) is 1.13. The SMILES string of the molecule is NCSOOO. The predicted octanol–water partition coefficient (Wildman–Crippen LogP) is -0.0280. The lowest BCUT2D eigenvalue weighted by atomic mass is 11.6. The fourth-order valence-corrected chi connectivity index (χ4v) is 0.148. The maximum Gasteiger partial charge on any atom is 0.0693 e. The number of hydrogen-bond donors (Lipinski definition) is 2. The Morgan fingerprint density at radius 3 is 2.67 bits per heavy atom. The highest BCUT2D eigenvalue weighted by atomic mass is 32.2. The third kappa shape index (κ3) is 4.19. The van der Waals surface area contributed by atoms with Crippen molar-refractivity contribution in [2.75, 3.05) is 5.88 Å². The zero-order valence-corrected chi connectivity index (χ0v) is 3.77. The molecule has 0 aliphatic rings. The third-order valence-electron chi connectivity index (χ3n) is 0.147. The van der Waals surface area contributed by atoms with Crippen LogP contribution in [0.2, 0.25) is 0 Å². The van der Waals surface area contributed by atoms with Gasteiger partial charge in [0, 0.05) is 12.0 Å². The normalized spacial score (nSPS) is 9.00. The van der Waals surface area contributed by atoms with Gasteiger partial charge in [0.25, 0.3) is 0 Å². The molecule has 0 bridgehead atoms. The minimum atomic E-state index is 0.264. The smallest absolute Gasteiger partial charge is 0.0693 e. The van der Waals surface area contributed by atoms with Crippen molar-refractivity contribution >= 4 is 12.0 Å². The highest BCUT2D eigenvalue weighted by Crippen LogP contribution is 1.94. The van der Waals surface area contributed by atoms with Crippen LogP contribution in [0.3, 0.4) is 0 Å². The van der Waals surface area contributed by atoms with Crippen molar-refractivity contribution in [3.05, 3.63) is 0 Å². The molecule has 0 radical (unpaired) electrons. The van der Waals surface area contributed by atoms with E-state index in [1.807, 2.05) is 0 Å². The Morgan fingerprint density at radius 1 is 1.83 bits per heavy atom. The summed E-state index contributed by atoms with van der Waals surface area (Å²) < 4.78 is 3.83. The summed E-state index contributed by atoms with van der Waals surface area (Å²) >= 11 is 0.814. The van der Waals surface area contributed by atoms with Gasteiger partial charge in [0.05, 0.1) is 5.88 Å². The van der Waals surface area contributed by atoms with Gasteiger partial charge in [-0.2, -0.15) is 0 Å². The van der Waals surface area contributed by atoms with Crippen LogP contribution < -0.4 is 5.73 Å². The minimum absolute atomic E-state index is 0.264. The van der Waals surface area contributed by atoms with Crippen molar-refractivity contribution in [2.45, 2.75) is 0 Å². The Bertz CT molecular complexity index is 22.8. The molecular formula is CH5NO3S. The van der Waals surface area contributed by atoms with E-state index in [-0.39, 0.29) is 5.88 Å². The van der Waals surface area contributed by atoms with Gasteiger partial charge in [-0.15, -0.1) is 4.33 Å². The first-order chi connectivity index (χ1) is 2.91. The van der Waals surface area contributed by atoms with Crippen molar-refractivity contribution in [1.82, 2.24) is 0 Å². The van der Waals surface area contributed by atoms with Crippen LogP contribution in [0.5, 0.6) is 0 Å². The molecule has 38 valence electrons. The fourth-order valence-electron chi connectivity index (χ4n) is 0.0493. The van der Waals surface area contributed by atoms with Crippen molar-refractivity contribution < 1.29 is 14.6 Å². The Morgan fingerprint density at radius 2 is 2.50 bits per heavy atom. The van der Waals surface area contributed by atoms with E-state index < -0.39 is 0 Å². The average Bonchev–Trinajstić information content (AvgIpc) is 1.61. The summed E-state index contributed by atoms with van der Waals surface area (Å²) in [6, 6.07) is 0. The summed E-state index contributed by atoms with van der Waals surface area (Å²) in [5.41, 5.74) is 4.86. The molecule has 0 amide bonds. The van der Waals surface area contributed by atoms with Crippen LogP contribution in [0.15, 0.2) is 0 Å². The molecule has 0 heterocycles. The van der Waals surface area contributed by atoms with E-state index >= 15 is 0 Å². The predicted molar refractivity (Wildman–Crippen MR) is 21.4 cm³/mol. The van der Waals surface area contributed by atoms with Crippen LogP contribution in [0, 0.1) is 0 Å². The minimum Gasteiger partial charge on any atom is -0.320 e. The molecule has 0 aromatic rings. The number of hydrogen-bond acceptors (Lipinski definition) is 5. The summed E-state index contributed by atoms with van der Waals surface area (Å²) in [5.74, 6) is 0.264. The van der Waals surface area contributed by atoms with Crippen LogP contribution in [0.25, 0.3) is 0 Å². The first-order valence-electron chi connectivity index (χ1n) is 1.21. The number of rotatable bonds is 3. The van der Waals surface area contributed by atoms with Crippen LogP contribution in [0.1, 0.15) is 0 Å². The maximum atomic E-state index is 7.40. The first-order valence-corrected chi connectivity index (χ1v) is 2.12. The Labute approximate surface area is 39.3 Å². The molecule has 4 nitrogen and oxygen atoms in total. The van der Waals surface area contributed by atoms with Gasteiger partial charge < -0.3 is 5.73 Å². The lowest BCUT2D eigenvalue weighted by molar-refractivity contribution is -0.432. The highest BCUT2D eigenvalue weighted by Gasteiger charge is 1.76. The summed E-state index contributed by atoms with van der Waals surface area (Å²) in [5, 5.41) is 10.6. The summed E-state index contributed by atoms with van der Waals surface area (Å²) in [7, 11) is 0. The molecule has 3 N–H and O–H groups in total. The Kier molecular flexibility index (Phi) is 5.35. The molecule has 0 aromatic carbocycles. The van der Waals surface area contributed by atoms with Gasteiger partial charge in [-0.1, -0.05) is 5.04 Å². The van der Waals surface area contributed by atoms with Gasteiger partial charge in [-0.25, -0.2) is 5.26 Å². The van der Waals surface area contributed by atoms with Gasteiger partial charge >= 0.3 is 0 Å². The summed E-state index contributed by atoms with van der Waals surface area (Å²) in [6.07, 6.45) is 0. The van der Waals surface area contributed by atoms with Gasteiger partial charge in [0.1, 0.15) is 0 Å². The summed E-state index contributed by atoms with van der Waals surface area (Å²) in [4.78, 5) is 0. The topological polar surface area (TPSA) is 64.7 Å². The lowest BCUT2D eigenvalue weighted by Crippen LogP contribution is -1.92. The Balaban J connectivity index is 2.34. The lowest BCUT2D eigenvalue weighted by Gasteiger charge is -1.86. The molecule has 6 heavy (non-hydrogen) atoms. The van der Waals surface area contributed by atoms with E-state index in [1.165, 1.54) is 0 Å². The molecule has 0 atom stereocenters. The molecule has 0 spiro atoms. The zero-order chi connectivity index (χ0) is 4.83. The molecular weight excluding hydrogens is 106 g/mol. The molecule has 0 saturated carbocycles. The van der Waals surface area contributed by atoms with E-state index in [2.05, 4.69) is 9.37 Å². The fraction of sp³-hybridized carbons (Fsp3) is 1.00. The van der Waals surface area contributed by atoms with Gasteiger partial charge in [-0.3, -0.25) is 0 Å². The van der Waals surface area contributed by atoms with Gasteiger partial charge in [0.2, 0.25) is 0 Å². The van der Waals surface area contributed by atoms with E-state index in [4.69, 9.17) is 11.0 Å². The van der Waals surface area contributed by atoms with Crippen LogP contribution >= 0.6 is 12.0 Å². The molecule has 0 unspecified atom stereocenters. The third-order valence-corrected chi connectivity index (χ3v) is 0.440. The van der Waals surface area contributed by atoms with Crippen LogP contribution in [-0.2, 0) is 9.37 Å². The van der Waals surface area contributed by atoms with Crippen molar-refractivity contribution in [3.8, 4) is 0 Å². The standard InChI is InChI=1S/CH5NO3S/c2-1-6-5-4-3/h3H,1-2H2. The molecule has 0 rings (SSSR count). The molecule has 0 fully saturated rings. The Hall–Kier alpha value is 0.190. The van der Waals surface area contributed by atoms with E-state index in [0.717, 1.165) is 12.0 Å². The summed E-state index contributed by atoms with van der Waals surface area (Å²) in [6.45, 7) is 0. The molecule has 0 aliphatic carbocycles. The average molecular weight is 111 g/mol. The highest BCUT2D eigenvalue weighted by molar-refractivity contribution is 7.94. The second kappa shape index (κ2) is 5.19. The molecule has 0 aliphatic heterocycles. The van der Waals surface area contributed by atoms with Crippen molar-refractivity contribution in [3.63, 3.8) is 0 Å². The zero-order valence-electron chi connectivity index (χ0n) is 2.96. The van der Waals surface area contributed by atoms with E-state index in [1.54, 1.807) is 0 Å². The van der Waals surface area contributed by atoms with Crippen molar-refractivity contribution in [1.29, 1.82) is 0 Å². The van der Waals surface area contributed by atoms with Gasteiger partial charge in [0.15, 0.2) is 0 Å². The van der Waals surface area contributed by atoms with Gasteiger partial charge in [-0.05, 0) is 0 Å². The molecule has 5 heteroatoms. The van der Waals surface area contributed by atoms with Crippen LogP contribution in [0.4, 0.5) is 0 Å². The quantitative estimate of drug-likeness (QED) is 0.176.